The van der Waals surface area contributed by atoms with Crippen molar-refractivity contribution in [3.05, 3.63) is 30.3 Å². The van der Waals surface area contributed by atoms with Gasteiger partial charge in [0.2, 0.25) is 0 Å². The minimum Gasteiger partial charge on any atom is -0.411 e. The fourth-order valence-electron chi connectivity index (χ4n) is 1.19. The number of benzene rings is 1. The van der Waals surface area contributed by atoms with Crippen LogP contribution in [0, 0.1) is 0 Å². The lowest BCUT2D eigenvalue weighted by Gasteiger charge is -2.18. The minimum absolute atomic E-state index is 0.332. The summed E-state index contributed by atoms with van der Waals surface area (Å²) in [6.45, 7) is 2.39. The lowest BCUT2D eigenvalue weighted by Crippen LogP contribution is -2.31. The van der Waals surface area contributed by atoms with Crippen LogP contribution in [-0.4, -0.2) is 23.9 Å². The third-order valence-electron chi connectivity index (χ3n) is 1.82. The van der Waals surface area contributed by atoms with Gasteiger partial charge in [-0.2, -0.15) is 0 Å². The maximum absolute atomic E-state index is 11.4. The molecule has 0 bridgehead atoms. The molecule has 0 aliphatic carbocycles. The molecule has 4 nitrogen and oxygen atoms in total. The molecule has 0 aliphatic rings. The number of amides is 1. The summed E-state index contributed by atoms with van der Waals surface area (Å²) in [5, 5.41) is 11.0. The van der Waals surface area contributed by atoms with Gasteiger partial charge in [-0.3, -0.25) is 4.79 Å². The van der Waals surface area contributed by atoms with E-state index in [0.717, 1.165) is 11.9 Å². The summed E-state index contributed by atoms with van der Waals surface area (Å²) in [5.41, 5.74) is 0.792. The second kappa shape index (κ2) is 5.01. The largest absolute Gasteiger partial charge is 0.411 e. The summed E-state index contributed by atoms with van der Waals surface area (Å²) in [4.78, 5) is 12.9. The zero-order valence-electron chi connectivity index (χ0n) is 7.92. The van der Waals surface area contributed by atoms with Gasteiger partial charge in [-0.15, -0.1) is 0 Å². The Kier molecular flexibility index (Phi) is 3.67. The second-order valence-electron chi connectivity index (χ2n) is 2.66. The van der Waals surface area contributed by atoms with Crippen LogP contribution in [0.2, 0.25) is 0 Å². The van der Waals surface area contributed by atoms with E-state index in [0.29, 0.717) is 6.54 Å². The summed E-state index contributed by atoms with van der Waals surface area (Å²) in [7, 11) is 0. The number of rotatable bonds is 3. The van der Waals surface area contributed by atoms with Gasteiger partial charge in [0.1, 0.15) is 6.21 Å². The highest BCUT2D eigenvalue weighted by Gasteiger charge is 2.10. The number of hydrogen-bond acceptors (Lipinski definition) is 3. The molecule has 1 N–H and O–H groups in total. The Morgan fingerprint density at radius 3 is 2.64 bits per heavy atom. The number of carbonyl (C=O) groups excluding carboxylic acids is 1. The number of oxime groups is 1. The monoisotopic (exact) mass is 192 g/mol. The van der Waals surface area contributed by atoms with Crippen LogP contribution in [0.1, 0.15) is 6.92 Å². The number of nitrogens with zero attached hydrogens (tertiary/aromatic N) is 2. The second-order valence-corrected chi connectivity index (χ2v) is 2.66. The van der Waals surface area contributed by atoms with Gasteiger partial charge in [0, 0.05) is 12.2 Å². The van der Waals surface area contributed by atoms with Gasteiger partial charge in [0.15, 0.2) is 0 Å². The number of hydrogen-bond donors (Lipinski definition) is 1. The number of para-hydroxylation sites is 1. The van der Waals surface area contributed by atoms with Crippen LogP contribution < -0.4 is 4.90 Å². The molecule has 0 saturated carbocycles. The first-order chi connectivity index (χ1) is 6.79. The molecule has 0 unspecified atom stereocenters. The first-order valence-corrected chi connectivity index (χ1v) is 4.33. The van der Waals surface area contributed by atoms with Gasteiger partial charge < -0.3 is 10.1 Å². The predicted molar refractivity (Wildman–Crippen MR) is 54.7 cm³/mol. The predicted octanol–water partition coefficient (Wildman–Crippen LogP) is 1.50. The zero-order chi connectivity index (χ0) is 10.4. The summed E-state index contributed by atoms with van der Waals surface area (Å²) >= 11 is 0. The van der Waals surface area contributed by atoms with E-state index in [9.17, 15) is 4.79 Å². The van der Waals surface area contributed by atoms with Crippen LogP contribution in [0.5, 0.6) is 0 Å². The summed E-state index contributed by atoms with van der Waals surface area (Å²) in [5.74, 6) is -0.332. The highest BCUT2D eigenvalue weighted by atomic mass is 16.4. The van der Waals surface area contributed by atoms with Gasteiger partial charge >= 0.3 is 0 Å². The van der Waals surface area contributed by atoms with Gasteiger partial charge in [0.05, 0.1) is 0 Å². The summed E-state index contributed by atoms with van der Waals surface area (Å²) < 4.78 is 0. The molecule has 0 fully saturated rings. The van der Waals surface area contributed by atoms with E-state index in [-0.39, 0.29) is 5.91 Å². The minimum atomic E-state index is -0.332. The smallest absolute Gasteiger partial charge is 0.272 e. The highest BCUT2D eigenvalue weighted by Crippen LogP contribution is 2.12. The SMILES string of the molecule is CCN(C(=O)/C=N/O)c1ccccc1. The normalized spacial score (nSPS) is 10.4. The molecule has 0 aliphatic heterocycles. The molecular formula is C10H12N2O2. The van der Waals surface area contributed by atoms with Crippen molar-refractivity contribution in [1.82, 2.24) is 0 Å². The molecule has 0 heterocycles. The Morgan fingerprint density at radius 2 is 2.14 bits per heavy atom. The molecular weight excluding hydrogens is 180 g/mol. The number of anilines is 1. The Bertz CT molecular complexity index is 322. The van der Waals surface area contributed by atoms with E-state index in [1.165, 1.54) is 4.90 Å². The van der Waals surface area contributed by atoms with Crippen molar-refractivity contribution in [1.29, 1.82) is 0 Å². The molecule has 0 saturated heterocycles. The molecule has 1 aromatic carbocycles. The van der Waals surface area contributed by atoms with E-state index in [1.54, 1.807) is 0 Å². The first-order valence-electron chi connectivity index (χ1n) is 4.33. The molecule has 0 aromatic heterocycles. The lowest BCUT2D eigenvalue weighted by molar-refractivity contribution is -0.112. The molecule has 1 aromatic rings. The Hall–Kier alpha value is -1.84. The zero-order valence-corrected chi connectivity index (χ0v) is 7.92. The molecule has 1 amide bonds. The summed E-state index contributed by atoms with van der Waals surface area (Å²) in [6.07, 6.45) is 0.885. The molecule has 0 atom stereocenters. The fourth-order valence-corrected chi connectivity index (χ4v) is 1.19. The van der Waals surface area contributed by atoms with Crippen LogP contribution >= 0.6 is 0 Å². The first kappa shape index (κ1) is 10.2. The van der Waals surface area contributed by atoms with Crippen molar-refractivity contribution >= 4 is 17.8 Å². The van der Waals surface area contributed by atoms with E-state index in [1.807, 2.05) is 37.3 Å². The lowest BCUT2D eigenvalue weighted by atomic mass is 10.3. The number of carbonyl (C=O) groups is 1. The third-order valence-corrected chi connectivity index (χ3v) is 1.82. The highest BCUT2D eigenvalue weighted by molar-refractivity contribution is 6.32. The molecule has 14 heavy (non-hydrogen) atoms. The molecule has 74 valence electrons. The average Bonchev–Trinajstić information content (AvgIpc) is 2.21. The Morgan fingerprint density at radius 1 is 1.50 bits per heavy atom. The van der Waals surface area contributed by atoms with Gasteiger partial charge in [0.25, 0.3) is 5.91 Å². The van der Waals surface area contributed by atoms with Crippen molar-refractivity contribution < 1.29 is 10.0 Å². The Balaban J connectivity index is 2.88. The third kappa shape index (κ3) is 2.32. The molecule has 4 heteroatoms. The van der Waals surface area contributed by atoms with Crippen LogP contribution in [0.3, 0.4) is 0 Å². The molecule has 0 spiro atoms. The maximum Gasteiger partial charge on any atom is 0.272 e. The van der Waals surface area contributed by atoms with Crippen LogP contribution in [-0.2, 0) is 4.79 Å². The van der Waals surface area contributed by atoms with E-state index in [2.05, 4.69) is 5.16 Å². The van der Waals surface area contributed by atoms with Crippen LogP contribution in [0.4, 0.5) is 5.69 Å². The van der Waals surface area contributed by atoms with Crippen molar-refractivity contribution in [3.63, 3.8) is 0 Å². The Labute approximate surface area is 82.5 Å². The maximum atomic E-state index is 11.4. The summed E-state index contributed by atoms with van der Waals surface area (Å²) in [6, 6.07) is 9.23. The van der Waals surface area contributed by atoms with Gasteiger partial charge in [-0.1, -0.05) is 23.4 Å². The van der Waals surface area contributed by atoms with E-state index in [4.69, 9.17) is 5.21 Å². The van der Waals surface area contributed by atoms with Crippen molar-refractivity contribution in [2.45, 2.75) is 6.92 Å². The standard InChI is InChI=1S/C10H12N2O2/c1-2-12(10(13)8-11-14)9-6-4-3-5-7-9/h3-8,14H,2H2,1H3/b11-8+. The van der Waals surface area contributed by atoms with E-state index < -0.39 is 0 Å². The van der Waals surface area contributed by atoms with Crippen LogP contribution in [0.15, 0.2) is 35.5 Å². The fraction of sp³-hybridized carbons (Fsp3) is 0.200. The quantitative estimate of drug-likeness (QED) is 0.448. The van der Waals surface area contributed by atoms with E-state index >= 15 is 0 Å². The van der Waals surface area contributed by atoms with Crippen molar-refractivity contribution in [2.75, 3.05) is 11.4 Å². The van der Waals surface area contributed by atoms with Crippen LogP contribution in [0.25, 0.3) is 0 Å². The van der Waals surface area contributed by atoms with Crippen molar-refractivity contribution in [2.24, 2.45) is 5.16 Å². The van der Waals surface area contributed by atoms with Gasteiger partial charge in [-0.25, -0.2) is 0 Å². The average molecular weight is 192 g/mol. The topological polar surface area (TPSA) is 52.9 Å². The molecule has 1 rings (SSSR count). The van der Waals surface area contributed by atoms with Crippen molar-refractivity contribution in [3.8, 4) is 0 Å². The molecule has 0 radical (unpaired) electrons. The van der Waals surface area contributed by atoms with Gasteiger partial charge in [-0.05, 0) is 19.1 Å².